The van der Waals surface area contributed by atoms with Gasteiger partial charge < -0.3 is 10.2 Å². The van der Waals surface area contributed by atoms with E-state index in [0.717, 1.165) is 31.4 Å². The van der Waals surface area contributed by atoms with Crippen LogP contribution in [0.15, 0.2) is 24.3 Å². The third kappa shape index (κ3) is 5.33. The van der Waals surface area contributed by atoms with Crippen LogP contribution in [0.2, 0.25) is 0 Å². The van der Waals surface area contributed by atoms with Crippen LogP contribution >= 0.6 is 12.2 Å². The second-order valence-electron chi connectivity index (χ2n) is 6.43. The zero-order chi connectivity index (χ0) is 18.4. The van der Waals surface area contributed by atoms with Gasteiger partial charge in [-0.1, -0.05) is 25.8 Å². The highest BCUT2D eigenvalue weighted by atomic mass is 32.1. The normalized spacial score (nSPS) is 20.6. The van der Waals surface area contributed by atoms with Crippen molar-refractivity contribution in [2.45, 2.75) is 51.2 Å². The van der Waals surface area contributed by atoms with Crippen molar-refractivity contribution in [2.24, 2.45) is 5.92 Å². The van der Waals surface area contributed by atoms with Gasteiger partial charge in [-0.2, -0.15) is 18.4 Å². The van der Waals surface area contributed by atoms with Gasteiger partial charge in [0.25, 0.3) is 0 Å². The summed E-state index contributed by atoms with van der Waals surface area (Å²) in [6.45, 7) is 2.41. The summed E-state index contributed by atoms with van der Waals surface area (Å²) in [5.74, 6) is 0.464. The number of nitrogens with one attached hydrogen (secondary N) is 1. The van der Waals surface area contributed by atoms with Gasteiger partial charge in [0, 0.05) is 18.3 Å². The molecule has 1 N–H and O–H groups in total. The zero-order valence-electron chi connectivity index (χ0n) is 14.1. The Balaban J connectivity index is 2.20. The molecule has 1 aromatic rings. The average Bonchev–Trinajstić information content (AvgIpc) is 2.57. The highest BCUT2D eigenvalue weighted by molar-refractivity contribution is 7.80. The summed E-state index contributed by atoms with van der Waals surface area (Å²) < 4.78 is 39.0. The second-order valence-corrected chi connectivity index (χ2v) is 6.81. The van der Waals surface area contributed by atoms with Gasteiger partial charge in [-0.25, -0.2) is 0 Å². The number of alkyl halides is 3. The summed E-state index contributed by atoms with van der Waals surface area (Å²) >= 11 is 5.47. The molecule has 1 aliphatic rings. The van der Waals surface area contributed by atoms with Crippen molar-refractivity contribution >= 4 is 23.0 Å². The van der Waals surface area contributed by atoms with Crippen LogP contribution in [0.5, 0.6) is 0 Å². The van der Waals surface area contributed by atoms with Gasteiger partial charge in [0.2, 0.25) is 0 Å². The van der Waals surface area contributed by atoms with Crippen LogP contribution < -0.4 is 10.2 Å². The number of benzene rings is 1. The van der Waals surface area contributed by atoms with Crippen molar-refractivity contribution in [2.75, 3.05) is 11.4 Å². The first-order valence-corrected chi connectivity index (χ1v) is 8.86. The lowest BCUT2D eigenvalue weighted by Crippen LogP contribution is -2.48. The molecular weight excluding hydrogens is 347 g/mol. The minimum absolute atomic E-state index is 0.179. The fraction of sp³-hybridized carbons (Fsp3) is 0.556. The van der Waals surface area contributed by atoms with Crippen LogP contribution in [0.4, 0.5) is 18.9 Å². The van der Waals surface area contributed by atoms with Crippen molar-refractivity contribution in [3.63, 3.8) is 0 Å². The minimum atomic E-state index is -4.41. The maximum absolute atomic E-state index is 13.0. The Morgan fingerprint density at radius 1 is 1.36 bits per heavy atom. The Morgan fingerprint density at radius 3 is 2.72 bits per heavy atom. The number of hydrogen-bond donors (Lipinski definition) is 1. The first-order chi connectivity index (χ1) is 11.8. The van der Waals surface area contributed by atoms with Crippen molar-refractivity contribution in [3.05, 3.63) is 29.8 Å². The molecule has 25 heavy (non-hydrogen) atoms. The highest BCUT2D eigenvalue weighted by Crippen LogP contribution is 2.32. The number of nitriles is 1. The van der Waals surface area contributed by atoms with Gasteiger partial charge >= 0.3 is 6.18 Å². The van der Waals surface area contributed by atoms with E-state index in [9.17, 15) is 13.2 Å². The predicted octanol–water partition coefficient (Wildman–Crippen LogP) is 4.88. The Hall–Kier alpha value is -1.81. The minimum Gasteiger partial charge on any atom is -0.359 e. The van der Waals surface area contributed by atoms with Crippen LogP contribution in [-0.2, 0) is 6.18 Å². The van der Waals surface area contributed by atoms with Crippen LogP contribution in [0.25, 0.3) is 0 Å². The van der Waals surface area contributed by atoms with Crippen molar-refractivity contribution in [1.82, 2.24) is 5.32 Å². The number of thiocarbonyl (C=S) groups is 1. The molecular formula is C18H22F3N3S. The molecule has 0 radical (unpaired) electrons. The molecule has 2 atom stereocenters. The summed E-state index contributed by atoms with van der Waals surface area (Å²) in [4.78, 5) is 1.59. The molecule has 136 valence electrons. The van der Waals surface area contributed by atoms with Crippen molar-refractivity contribution in [1.29, 1.82) is 5.26 Å². The number of halogens is 3. The fourth-order valence-electron chi connectivity index (χ4n) is 3.13. The van der Waals surface area contributed by atoms with Crippen LogP contribution in [0.3, 0.4) is 0 Å². The van der Waals surface area contributed by atoms with E-state index in [1.165, 1.54) is 12.5 Å². The van der Waals surface area contributed by atoms with E-state index >= 15 is 0 Å². The van der Waals surface area contributed by atoms with Gasteiger partial charge in [-0.3, -0.25) is 0 Å². The SMILES string of the molecule is C[C@@H]1CCCC[C@H]1NC(=S)N(CCC#N)c1cccc(C(F)(F)F)c1. The Labute approximate surface area is 151 Å². The quantitative estimate of drug-likeness (QED) is 0.768. The van der Waals surface area contributed by atoms with E-state index in [0.29, 0.717) is 16.7 Å². The van der Waals surface area contributed by atoms with Crippen molar-refractivity contribution < 1.29 is 13.2 Å². The van der Waals surface area contributed by atoms with E-state index in [1.807, 2.05) is 6.07 Å². The average molecular weight is 369 g/mol. The predicted molar refractivity (Wildman–Crippen MR) is 96.2 cm³/mol. The summed E-state index contributed by atoms with van der Waals surface area (Å²) in [5, 5.41) is 12.6. The molecule has 0 heterocycles. The lowest BCUT2D eigenvalue weighted by molar-refractivity contribution is -0.137. The molecule has 1 fully saturated rings. The Bertz CT molecular complexity index is 639. The fourth-order valence-corrected chi connectivity index (χ4v) is 3.48. The molecule has 0 aromatic heterocycles. The van der Waals surface area contributed by atoms with Gasteiger partial charge in [-0.15, -0.1) is 0 Å². The molecule has 1 saturated carbocycles. The molecule has 0 spiro atoms. The highest BCUT2D eigenvalue weighted by Gasteiger charge is 2.31. The van der Waals surface area contributed by atoms with E-state index in [1.54, 1.807) is 11.0 Å². The number of nitrogens with zero attached hydrogens (tertiary/aromatic N) is 2. The summed E-state index contributed by atoms with van der Waals surface area (Å²) in [6.07, 6.45) is 0.185. The van der Waals surface area contributed by atoms with Gasteiger partial charge in [-0.05, 0) is 49.2 Å². The number of hydrogen-bond acceptors (Lipinski definition) is 2. The maximum Gasteiger partial charge on any atom is 0.416 e. The first kappa shape index (κ1) is 19.5. The molecule has 0 amide bonds. The molecule has 7 heteroatoms. The van der Waals surface area contributed by atoms with Crippen molar-refractivity contribution in [3.8, 4) is 6.07 Å². The summed E-state index contributed by atoms with van der Waals surface area (Å²) in [6, 6.07) is 7.31. The van der Waals surface area contributed by atoms with E-state index in [-0.39, 0.29) is 19.0 Å². The second kappa shape index (κ2) is 8.52. The Kier molecular flexibility index (Phi) is 6.65. The van der Waals surface area contributed by atoms with Crippen LogP contribution in [0, 0.1) is 17.2 Å². The maximum atomic E-state index is 13.0. The smallest absolute Gasteiger partial charge is 0.359 e. The van der Waals surface area contributed by atoms with Crippen LogP contribution in [-0.4, -0.2) is 17.7 Å². The lowest BCUT2D eigenvalue weighted by atomic mass is 9.86. The third-order valence-electron chi connectivity index (χ3n) is 4.60. The monoisotopic (exact) mass is 369 g/mol. The van der Waals surface area contributed by atoms with E-state index < -0.39 is 11.7 Å². The van der Waals surface area contributed by atoms with Gasteiger partial charge in [0.05, 0.1) is 18.1 Å². The zero-order valence-corrected chi connectivity index (χ0v) is 15.0. The molecule has 1 aliphatic carbocycles. The molecule has 3 nitrogen and oxygen atoms in total. The van der Waals surface area contributed by atoms with E-state index in [4.69, 9.17) is 17.5 Å². The standard InChI is InChI=1S/C18H22F3N3S/c1-13-6-2-3-9-16(13)23-17(25)24(11-5-10-22)15-8-4-7-14(12-15)18(19,20)21/h4,7-8,12-13,16H,2-3,5-6,9,11H2,1H3,(H,23,25)/t13-,16-/m1/s1. The molecule has 0 saturated heterocycles. The number of rotatable bonds is 4. The van der Waals surface area contributed by atoms with Gasteiger partial charge in [0.1, 0.15) is 0 Å². The topological polar surface area (TPSA) is 39.1 Å². The third-order valence-corrected chi connectivity index (χ3v) is 4.94. The molecule has 2 rings (SSSR count). The van der Waals surface area contributed by atoms with Gasteiger partial charge in [0.15, 0.2) is 5.11 Å². The lowest BCUT2D eigenvalue weighted by Gasteiger charge is -2.34. The van der Waals surface area contributed by atoms with E-state index in [2.05, 4.69) is 12.2 Å². The first-order valence-electron chi connectivity index (χ1n) is 8.45. The summed E-state index contributed by atoms with van der Waals surface area (Å²) in [7, 11) is 0. The molecule has 1 aromatic carbocycles. The molecule has 0 unspecified atom stereocenters. The largest absolute Gasteiger partial charge is 0.416 e. The molecule has 0 aliphatic heterocycles. The Morgan fingerprint density at radius 2 is 2.08 bits per heavy atom. The van der Waals surface area contributed by atoms with Crippen LogP contribution in [0.1, 0.15) is 44.6 Å². The summed E-state index contributed by atoms with van der Waals surface area (Å²) in [5.41, 5.74) is -0.369. The molecule has 0 bridgehead atoms. The number of anilines is 1.